The number of hydrogen-bond donors (Lipinski definition) is 3. The quantitative estimate of drug-likeness (QED) is 0.153. The van der Waals surface area contributed by atoms with Gasteiger partial charge in [0.05, 0.1) is 6.33 Å². The molecule has 1 amide bonds. The minimum atomic E-state index is -0.340. The van der Waals surface area contributed by atoms with E-state index in [2.05, 4.69) is 39.1 Å². The van der Waals surface area contributed by atoms with E-state index in [1.165, 1.54) is 5.57 Å². The number of carbonyl (C=O) groups is 1. The predicted octanol–water partition coefficient (Wildman–Crippen LogP) is 4.09. The first kappa shape index (κ1) is 23.5. The highest BCUT2D eigenvalue weighted by molar-refractivity contribution is 5.88. The number of rotatable bonds is 14. The lowest BCUT2D eigenvalue weighted by Crippen LogP contribution is -2.22. The highest BCUT2D eigenvalue weighted by Crippen LogP contribution is 2.25. The number of fused-ring (bicyclic) bond motifs is 1. The monoisotopic (exact) mass is 436 g/mol. The lowest BCUT2D eigenvalue weighted by molar-refractivity contribution is -0.129. The van der Waals surface area contributed by atoms with E-state index in [4.69, 9.17) is 9.94 Å². The maximum absolute atomic E-state index is 11.2. The number of carbonyl (C=O) groups excluding carboxylic acids is 1. The molecule has 0 spiro atoms. The molecule has 0 atom stereocenters. The van der Waals surface area contributed by atoms with Crippen LogP contribution < -0.4 is 15.5 Å². The number of imidazole rings is 1. The molecule has 0 bridgehead atoms. The molecule has 7 nitrogen and oxygen atoms in total. The first-order chi connectivity index (χ1) is 15.8. The van der Waals surface area contributed by atoms with Gasteiger partial charge in [0.15, 0.2) is 0 Å². The molecule has 0 radical (unpaired) electrons. The summed E-state index contributed by atoms with van der Waals surface area (Å²) in [6, 6.07) is 14.3. The van der Waals surface area contributed by atoms with Crippen LogP contribution in [0.2, 0.25) is 0 Å². The number of nitrogens with one attached hydrogen (secondary N) is 2. The molecule has 170 valence electrons. The van der Waals surface area contributed by atoms with Gasteiger partial charge in [-0.25, -0.2) is 10.5 Å². The van der Waals surface area contributed by atoms with Crippen LogP contribution in [0.1, 0.15) is 32.1 Å². The van der Waals surface area contributed by atoms with Crippen LogP contribution in [-0.2, 0) is 11.3 Å². The van der Waals surface area contributed by atoms with Gasteiger partial charge < -0.3 is 14.6 Å². The van der Waals surface area contributed by atoms with Crippen LogP contribution >= 0.6 is 0 Å². The van der Waals surface area contributed by atoms with Crippen molar-refractivity contribution in [3.05, 3.63) is 72.8 Å². The molecule has 2 aromatic carbocycles. The highest BCUT2D eigenvalue weighted by atomic mass is 16.5. The van der Waals surface area contributed by atoms with Gasteiger partial charge in [-0.1, -0.05) is 42.5 Å². The number of hydrogen-bond acceptors (Lipinski definition) is 5. The maximum Gasteiger partial charge on any atom is 0.243 e. The fraction of sp³-hybridized carbons (Fsp3) is 0.360. The normalized spacial score (nSPS) is 11.6. The van der Waals surface area contributed by atoms with Crippen molar-refractivity contribution in [2.24, 2.45) is 0 Å². The molecule has 3 N–H and O–H groups in total. The molecule has 0 fully saturated rings. The summed E-state index contributed by atoms with van der Waals surface area (Å²) in [6.07, 6.45) is 11.6. The van der Waals surface area contributed by atoms with E-state index in [0.717, 1.165) is 61.8 Å². The third-order valence-corrected chi connectivity index (χ3v) is 5.26. The SMILES string of the molecule is O=C(CCCC/C=C(\CNCCCn1ccnc1)COc1cccc2ccccc12)NO. The smallest absolute Gasteiger partial charge is 0.243 e. The second-order valence-corrected chi connectivity index (χ2v) is 7.74. The molecule has 0 aliphatic rings. The summed E-state index contributed by atoms with van der Waals surface area (Å²) in [4.78, 5) is 15.2. The van der Waals surface area contributed by atoms with Crippen LogP contribution in [0.3, 0.4) is 0 Å². The fourth-order valence-corrected chi connectivity index (χ4v) is 3.52. The molecule has 0 saturated carbocycles. The van der Waals surface area contributed by atoms with Gasteiger partial charge in [-0.2, -0.15) is 0 Å². The van der Waals surface area contributed by atoms with Gasteiger partial charge in [0.25, 0.3) is 0 Å². The van der Waals surface area contributed by atoms with Crippen molar-refractivity contribution in [3.8, 4) is 5.75 Å². The average Bonchev–Trinajstić information content (AvgIpc) is 3.35. The number of ether oxygens (including phenoxy) is 1. The van der Waals surface area contributed by atoms with Crippen LogP contribution in [0.25, 0.3) is 10.8 Å². The number of aryl methyl sites for hydroxylation is 1. The van der Waals surface area contributed by atoms with Crippen molar-refractivity contribution in [3.63, 3.8) is 0 Å². The second kappa shape index (κ2) is 13.3. The van der Waals surface area contributed by atoms with Gasteiger partial charge in [0.1, 0.15) is 12.4 Å². The Hall–Kier alpha value is -3.16. The summed E-state index contributed by atoms with van der Waals surface area (Å²) in [7, 11) is 0. The number of benzene rings is 2. The van der Waals surface area contributed by atoms with Crippen LogP contribution in [0.4, 0.5) is 0 Å². The van der Waals surface area contributed by atoms with Gasteiger partial charge in [0, 0.05) is 37.3 Å². The van der Waals surface area contributed by atoms with Crippen LogP contribution in [0, 0.1) is 0 Å². The number of hydroxylamine groups is 1. The number of aromatic nitrogens is 2. The zero-order valence-corrected chi connectivity index (χ0v) is 18.4. The molecular formula is C25H32N4O3. The number of allylic oxidation sites excluding steroid dienone is 1. The van der Waals surface area contributed by atoms with Gasteiger partial charge in [0.2, 0.25) is 5.91 Å². The van der Waals surface area contributed by atoms with Crippen LogP contribution in [-0.4, -0.2) is 40.4 Å². The van der Waals surface area contributed by atoms with Crippen molar-refractivity contribution in [1.29, 1.82) is 0 Å². The van der Waals surface area contributed by atoms with E-state index in [1.807, 2.05) is 36.8 Å². The first-order valence-electron chi connectivity index (χ1n) is 11.1. The van der Waals surface area contributed by atoms with Crippen LogP contribution in [0.5, 0.6) is 5.75 Å². The molecule has 32 heavy (non-hydrogen) atoms. The third kappa shape index (κ3) is 7.83. The van der Waals surface area contributed by atoms with Gasteiger partial charge in [-0.15, -0.1) is 0 Å². The molecule has 3 aromatic rings. The summed E-state index contributed by atoms with van der Waals surface area (Å²) >= 11 is 0. The summed E-state index contributed by atoms with van der Waals surface area (Å²) in [5.74, 6) is 0.543. The van der Waals surface area contributed by atoms with Crippen molar-refractivity contribution in [1.82, 2.24) is 20.3 Å². The summed E-state index contributed by atoms with van der Waals surface area (Å²) < 4.78 is 8.27. The Labute approximate surface area is 189 Å². The van der Waals surface area contributed by atoms with E-state index in [9.17, 15) is 4.79 Å². The zero-order chi connectivity index (χ0) is 22.4. The van der Waals surface area contributed by atoms with Crippen LogP contribution in [0.15, 0.2) is 72.8 Å². The number of unbranched alkanes of at least 4 members (excludes halogenated alkanes) is 2. The topological polar surface area (TPSA) is 88.4 Å². The highest BCUT2D eigenvalue weighted by Gasteiger charge is 2.05. The van der Waals surface area contributed by atoms with Crippen molar-refractivity contribution >= 4 is 16.7 Å². The minimum absolute atomic E-state index is 0.332. The van der Waals surface area contributed by atoms with Gasteiger partial charge in [-0.3, -0.25) is 10.0 Å². The van der Waals surface area contributed by atoms with E-state index in [0.29, 0.717) is 13.0 Å². The number of nitrogens with zero attached hydrogens (tertiary/aromatic N) is 2. The van der Waals surface area contributed by atoms with Gasteiger partial charge in [-0.05, 0) is 49.3 Å². The van der Waals surface area contributed by atoms with Gasteiger partial charge >= 0.3 is 0 Å². The summed E-state index contributed by atoms with van der Waals surface area (Å²) in [5.41, 5.74) is 2.86. The summed E-state index contributed by atoms with van der Waals surface area (Å²) in [6.45, 7) is 3.11. The van der Waals surface area contributed by atoms with Crippen molar-refractivity contribution < 1.29 is 14.7 Å². The maximum atomic E-state index is 11.2. The Balaban J connectivity index is 1.51. The molecule has 1 heterocycles. The molecule has 0 saturated heterocycles. The largest absolute Gasteiger partial charge is 0.489 e. The number of amides is 1. The fourth-order valence-electron chi connectivity index (χ4n) is 3.52. The Bertz CT molecular complexity index is 981. The molecule has 3 rings (SSSR count). The van der Waals surface area contributed by atoms with E-state index in [1.54, 1.807) is 11.7 Å². The lowest BCUT2D eigenvalue weighted by Gasteiger charge is -2.13. The van der Waals surface area contributed by atoms with E-state index >= 15 is 0 Å². The molecular weight excluding hydrogens is 404 g/mol. The molecule has 0 aliphatic heterocycles. The molecule has 1 aromatic heterocycles. The Morgan fingerprint density at radius 1 is 1.12 bits per heavy atom. The Kier molecular flexibility index (Phi) is 9.76. The lowest BCUT2D eigenvalue weighted by atomic mass is 10.1. The third-order valence-electron chi connectivity index (χ3n) is 5.26. The zero-order valence-electron chi connectivity index (χ0n) is 18.4. The van der Waals surface area contributed by atoms with Crippen molar-refractivity contribution in [2.75, 3.05) is 19.7 Å². The Morgan fingerprint density at radius 2 is 2.00 bits per heavy atom. The molecule has 0 unspecified atom stereocenters. The molecule has 7 heteroatoms. The second-order valence-electron chi connectivity index (χ2n) is 7.74. The van der Waals surface area contributed by atoms with E-state index < -0.39 is 0 Å². The molecule has 0 aliphatic carbocycles. The first-order valence-corrected chi connectivity index (χ1v) is 11.1. The average molecular weight is 437 g/mol. The van der Waals surface area contributed by atoms with E-state index in [-0.39, 0.29) is 5.91 Å². The minimum Gasteiger partial charge on any atom is -0.489 e. The predicted molar refractivity (Wildman–Crippen MR) is 126 cm³/mol. The standard InChI is InChI=1S/C25H32N4O3/c30-25(28-31)13-3-1-2-8-21(18-26-14-7-16-29-17-15-27-20-29)19-32-24-12-6-10-22-9-4-5-11-23(22)24/h4-6,8-12,15,17,20,26,31H,1-3,7,13-14,16,18-19H2,(H,28,30)/b21-8+. The Morgan fingerprint density at radius 3 is 2.84 bits per heavy atom. The van der Waals surface area contributed by atoms with Crippen molar-refractivity contribution in [2.45, 2.75) is 38.6 Å². The summed E-state index contributed by atoms with van der Waals surface area (Å²) in [5, 5.41) is 14.4.